The third kappa shape index (κ3) is 14.9. The second-order valence-electron chi connectivity index (χ2n) is 17.5. The molecule has 0 N–H and O–H groups in total. The van der Waals surface area contributed by atoms with E-state index in [1.54, 1.807) is 0 Å². The normalized spacial score (nSPS) is 31.6. The van der Waals surface area contributed by atoms with E-state index in [4.69, 9.17) is 56.8 Å². The van der Waals surface area contributed by atoms with Crippen LogP contribution in [0.4, 0.5) is 9.59 Å². The molecule has 0 spiro atoms. The van der Waals surface area contributed by atoms with Crippen LogP contribution in [0.5, 0.6) is 0 Å². The topological polar surface area (TPSA) is 247 Å². The molecular formula is C46H62O20. The van der Waals surface area contributed by atoms with Crippen LogP contribution in [0.15, 0.2) is 25.3 Å². The predicted molar refractivity (Wildman–Crippen MR) is 222 cm³/mol. The second kappa shape index (κ2) is 25.0. The zero-order chi connectivity index (χ0) is 47.0. The van der Waals surface area contributed by atoms with Gasteiger partial charge in [0, 0.05) is 12.2 Å². The number of carbonyl (C=O) groups excluding carboxylic acids is 8. The number of rotatable bonds is 18. The molecule has 66 heavy (non-hydrogen) atoms. The Bertz CT molecular complexity index is 1590. The first kappa shape index (κ1) is 50.2. The van der Waals surface area contributed by atoms with Gasteiger partial charge >= 0.3 is 48.1 Å². The molecule has 2 saturated heterocycles. The minimum absolute atomic E-state index is 0.109. The van der Waals surface area contributed by atoms with Gasteiger partial charge in [-0.2, -0.15) is 0 Å². The maximum Gasteiger partial charge on any atom is 0.508 e. The van der Waals surface area contributed by atoms with Crippen molar-refractivity contribution < 1.29 is 95.2 Å². The first-order chi connectivity index (χ1) is 31.9. The monoisotopic (exact) mass is 934 g/mol. The molecule has 4 saturated carbocycles. The Labute approximate surface area is 382 Å². The van der Waals surface area contributed by atoms with E-state index < -0.39 is 48.7 Å². The van der Waals surface area contributed by atoms with Crippen LogP contribution in [0.25, 0.3) is 0 Å². The lowest BCUT2D eigenvalue weighted by molar-refractivity contribution is -0.164. The Kier molecular flexibility index (Phi) is 19.0. The fraction of sp³-hybridized carbons (Fsp3) is 0.739. The van der Waals surface area contributed by atoms with Crippen molar-refractivity contribution >= 4 is 48.1 Å². The Morgan fingerprint density at radius 3 is 0.955 bits per heavy atom. The summed E-state index contributed by atoms with van der Waals surface area (Å²) in [7, 11) is 0. The SMILES string of the molecule is C=CC(=O)OCCOC(=O)OC1CCC(C(=O)OC2CCC(C(=O)O[C@@H]3CO[C@@H]4[C@H]3OC[C@H]4OC(=O)C3CCC(OC(=O)C4CCC(OC(=O)OCCOC(=O)C=C)CC4)CC3)CC2)CC1. The van der Waals surface area contributed by atoms with E-state index in [1.807, 2.05) is 0 Å². The Morgan fingerprint density at radius 2 is 0.652 bits per heavy atom. The predicted octanol–water partition coefficient (Wildman–Crippen LogP) is 4.69. The third-order valence-corrected chi connectivity index (χ3v) is 13.0. The number of fused-ring (bicyclic) bond motifs is 1. The summed E-state index contributed by atoms with van der Waals surface area (Å²) < 4.78 is 65.2. The van der Waals surface area contributed by atoms with Crippen LogP contribution < -0.4 is 0 Å². The molecule has 2 aliphatic heterocycles. The number of hydrogen-bond acceptors (Lipinski definition) is 20. The van der Waals surface area contributed by atoms with E-state index in [1.165, 1.54) is 0 Å². The average molecular weight is 935 g/mol. The molecule has 20 nitrogen and oxygen atoms in total. The highest BCUT2D eigenvalue weighted by Crippen LogP contribution is 2.36. The summed E-state index contributed by atoms with van der Waals surface area (Å²) in [4.78, 5) is 98.4. The van der Waals surface area contributed by atoms with Gasteiger partial charge in [-0.25, -0.2) is 19.2 Å². The van der Waals surface area contributed by atoms with Gasteiger partial charge in [-0.3, -0.25) is 19.2 Å². The molecule has 2 heterocycles. The highest BCUT2D eigenvalue weighted by Gasteiger charge is 2.52. The van der Waals surface area contributed by atoms with Crippen LogP contribution >= 0.6 is 0 Å². The molecule has 6 fully saturated rings. The van der Waals surface area contributed by atoms with Gasteiger partial charge in [0.25, 0.3) is 0 Å². The van der Waals surface area contributed by atoms with Crippen molar-refractivity contribution in [2.24, 2.45) is 23.7 Å². The summed E-state index contributed by atoms with van der Waals surface area (Å²) in [5.41, 5.74) is 0. The lowest BCUT2D eigenvalue weighted by Crippen LogP contribution is -2.39. The van der Waals surface area contributed by atoms with E-state index in [9.17, 15) is 38.4 Å². The van der Waals surface area contributed by atoms with Gasteiger partial charge in [0.05, 0.1) is 36.9 Å². The molecule has 20 heteroatoms. The third-order valence-electron chi connectivity index (χ3n) is 13.0. The van der Waals surface area contributed by atoms with Gasteiger partial charge in [-0.05, 0) is 103 Å². The molecular weight excluding hydrogens is 872 g/mol. The summed E-state index contributed by atoms with van der Waals surface area (Å²) in [5, 5.41) is 0. The van der Waals surface area contributed by atoms with Crippen molar-refractivity contribution in [3.8, 4) is 0 Å². The molecule has 4 atom stereocenters. The molecule has 0 aromatic carbocycles. The molecule has 366 valence electrons. The largest absolute Gasteiger partial charge is 0.508 e. The fourth-order valence-corrected chi connectivity index (χ4v) is 9.30. The minimum atomic E-state index is -0.864. The number of carbonyl (C=O) groups is 8. The molecule has 0 radical (unpaired) electrons. The van der Waals surface area contributed by atoms with Crippen LogP contribution in [0.1, 0.15) is 103 Å². The molecule has 0 aromatic heterocycles. The molecule has 4 aliphatic carbocycles. The van der Waals surface area contributed by atoms with Gasteiger partial charge in [0.15, 0.2) is 12.2 Å². The van der Waals surface area contributed by atoms with Gasteiger partial charge in [0.1, 0.15) is 63.1 Å². The first-order valence-corrected chi connectivity index (χ1v) is 23.2. The minimum Gasteiger partial charge on any atom is -0.462 e. The zero-order valence-electron chi connectivity index (χ0n) is 37.2. The van der Waals surface area contributed by atoms with Crippen LogP contribution in [0.3, 0.4) is 0 Å². The Morgan fingerprint density at radius 1 is 0.379 bits per heavy atom. The van der Waals surface area contributed by atoms with Crippen molar-refractivity contribution in [1.29, 1.82) is 0 Å². The van der Waals surface area contributed by atoms with Gasteiger partial charge in [-0.1, -0.05) is 13.2 Å². The van der Waals surface area contributed by atoms with Crippen LogP contribution in [-0.4, -0.2) is 137 Å². The van der Waals surface area contributed by atoms with E-state index >= 15 is 0 Å². The van der Waals surface area contributed by atoms with E-state index in [0.29, 0.717) is 103 Å². The molecule has 0 unspecified atom stereocenters. The van der Waals surface area contributed by atoms with Gasteiger partial charge in [0.2, 0.25) is 0 Å². The standard InChI is InChI=1S/C46H62O20/c1-3-37(47)55-21-23-57-45(53)63-33-17-9-27(10-18-33)41(49)61-31-13-5-29(6-14-31)43(51)65-35-25-59-40-36(26-60-39(35)40)66-44(52)30-7-15-32(16-8-30)62-42(50)28-11-19-34(20-12-28)64-46(54)58-24-22-56-38(48)4-2/h3-4,27-36,39-40H,1-2,5-26H2/t27?,28?,29?,30?,31?,32?,33?,34?,35-,36-,39+,40+/m1/s1. The molecule has 0 amide bonds. The summed E-state index contributed by atoms with van der Waals surface area (Å²) in [6.07, 6.45) is 4.39. The van der Waals surface area contributed by atoms with E-state index in [-0.39, 0.29) is 112 Å². The Balaban J connectivity index is 0.802. The number of ether oxygens (including phenoxy) is 12. The lowest BCUT2D eigenvalue weighted by Gasteiger charge is -2.31. The van der Waals surface area contributed by atoms with Crippen molar-refractivity contribution in [3.05, 3.63) is 25.3 Å². The van der Waals surface area contributed by atoms with E-state index in [0.717, 1.165) is 12.2 Å². The van der Waals surface area contributed by atoms with Crippen LogP contribution in [0, 0.1) is 23.7 Å². The first-order valence-electron chi connectivity index (χ1n) is 23.2. The van der Waals surface area contributed by atoms with Crippen LogP contribution in [-0.2, 0) is 85.6 Å². The summed E-state index contributed by atoms with van der Waals surface area (Å²) >= 11 is 0. The van der Waals surface area contributed by atoms with Crippen molar-refractivity contribution in [2.45, 2.75) is 152 Å². The zero-order valence-corrected chi connectivity index (χ0v) is 37.2. The number of hydrogen-bond donors (Lipinski definition) is 0. The van der Waals surface area contributed by atoms with Crippen LogP contribution in [0.2, 0.25) is 0 Å². The summed E-state index contributed by atoms with van der Waals surface area (Å²) in [5.74, 6) is -3.94. The quantitative estimate of drug-likeness (QED) is 0.0782. The van der Waals surface area contributed by atoms with Gasteiger partial charge < -0.3 is 56.8 Å². The van der Waals surface area contributed by atoms with Crippen molar-refractivity contribution in [2.75, 3.05) is 39.6 Å². The molecule has 0 aromatic rings. The smallest absolute Gasteiger partial charge is 0.462 e. The maximum absolute atomic E-state index is 13.2. The average Bonchev–Trinajstić information content (AvgIpc) is 3.92. The molecule has 6 rings (SSSR count). The van der Waals surface area contributed by atoms with Crippen molar-refractivity contribution in [3.63, 3.8) is 0 Å². The maximum atomic E-state index is 13.2. The van der Waals surface area contributed by atoms with E-state index in [2.05, 4.69) is 13.2 Å². The summed E-state index contributed by atoms with van der Waals surface area (Å²) in [6.45, 7) is 6.27. The highest BCUT2D eigenvalue weighted by molar-refractivity contribution is 5.81. The molecule has 0 bridgehead atoms. The van der Waals surface area contributed by atoms with Gasteiger partial charge in [-0.15, -0.1) is 0 Å². The fourth-order valence-electron chi connectivity index (χ4n) is 9.30. The highest BCUT2D eigenvalue weighted by atomic mass is 16.7. The summed E-state index contributed by atoms with van der Waals surface area (Å²) in [6, 6.07) is 0. The molecule has 6 aliphatic rings. The Hall–Kier alpha value is -5.24. The van der Waals surface area contributed by atoms with Crippen molar-refractivity contribution in [1.82, 2.24) is 0 Å². The number of esters is 6. The second-order valence-corrected chi connectivity index (χ2v) is 17.5. The lowest BCUT2D eigenvalue weighted by atomic mass is 9.86.